The number of carbonyl (C=O) groups is 1. The van der Waals surface area contributed by atoms with Crippen molar-refractivity contribution in [3.63, 3.8) is 0 Å². The van der Waals surface area contributed by atoms with E-state index in [1.807, 2.05) is 0 Å². The lowest BCUT2D eigenvalue weighted by atomic mass is 10.0. The van der Waals surface area contributed by atoms with Crippen LogP contribution in [0.25, 0.3) is 27.8 Å². The molecule has 1 aliphatic carbocycles. The Hall–Kier alpha value is -2.76. The zero-order valence-corrected chi connectivity index (χ0v) is 17.6. The standard InChI is InChI=1S/C19H15ClF2N6O2S/c1-31(30)7-10-17(22)16(20)15(9-3-24-27-18(9)10)12-5-28-6-13(25-14(28)4-23-12)26-19(29)8-2-11(8)21/h3-6,8,11H,2,7H2,1H3,(H,24,27)(H,26,29). The number of nitrogens with one attached hydrogen (secondary N) is 2. The first-order valence-corrected chi connectivity index (χ1v) is 11.4. The van der Waals surface area contributed by atoms with Crippen LogP contribution >= 0.6 is 11.6 Å². The number of aromatic amines is 1. The van der Waals surface area contributed by atoms with Gasteiger partial charge in [0, 0.05) is 17.1 Å². The van der Waals surface area contributed by atoms with E-state index in [1.54, 1.807) is 16.8 Å². The molecule has 1 aliphatic rings. The first-order valence-electron chi connectivity index (χ1n) is 9.26. The smallest absolute Gasteiger partial charge is 0.231 e. The lowest BCUT2D eigenvalue weighted by Crippen LogP contribution is -2.15. The Morgan fingerprint density at radius 2 is 2.23 bits per heavy atom. The van der Waals surface area contributed by atoms with Crippen molar-refractivity contribution < 1.29 is 18.1 Å². The molecule has 8 nitrogen and oxygen atoms in total. The highest BCUT2D eigenvalue weighted by atomic mass is 35.5. The second-order valence-corrected chi connectivity index (χ2v) is 9.18. The minimum Gasteiger partial charge on any atom is -0.616 e. The Bertz CT molecular complexity index is 1340. The highest BCUT2D eigenvalue weighted by Gasteiger charge is 2.43. The number of aromatic nitrogens is 5. The molecule has 3 atom stereocenters. The third-order valence-corrected chi connectivity index (χ3v) is 6.18. The van der Waals surface area contributed by atoms with Crippen molar-refractivity contribution in [3.05, 3.63) is 41.2 Å². The summed E-state index contributed by atoms with van der Waals surface area (Å²) in [6, 6.07) is 0. The predicted octanol–water partition coefficient (Wildman–Crippen LogP) is 3.24. The summed E-state index contributed by atoms with van der Waals surface area (Å²) in [6.07, 6.45) is 6.70. The molecule has 1 fully saturated rings. The average Bonchev–Trinajstić information content (AvgIpc) is 3.11. The normalized spacial score (nSPS) is 19.1. The van der Waals surface area contributed by atoms with Gasteiger partial charge in [0.15, 0.2) is 17.3 Å². The van der Waals surface area contributed by atoms with Crippen molar-refractivity contribution in [1.82, 2.24) is 24.6 Å². The quantitative estimate of drug-likeness (QED) is 0.440. The molecule has 4 aromatic rings. The second kappa shape index (κ2) is 7.43. The number of hydrogen-bond donors (Lipinski definition) is 2. The van der Waals surface area contributed by atoms with Gasteiger partial charge in [-0.3, -0.25) is 14.9 Å². The van der Waals surface area contributed by atoms with Gasteiger partial charge in [-0.2, -0.15) is 5.10 Å². The fourth-order valence-corrected chi connectivity index (χ4v) is 4.50. The third kappa shape index (κ3) is 3.52. The number of amides is 1. The number of imidazole rings is 1. The molecule has 0 spiro atoms. The molecule has 0 bridgehead atoms. The number of rotatable bonds is 5. The Labute approximate surface area is 182 Å². The Kier molecular flexibility index (Phi) is 4.83. The van der Waals surface area contributed by atoms with Crippen LogP contribution in [0, 0.1) is 11.7 Å². The SMILES string of the molecule is C[S+]([O-])Cc1c(F)c(Cl)c(-c2cn3cc(NC(=O)C4CC4F)nc3cn2)c2cn[nH]c12. The van der Waals surface area contributed by atoms with Gasteiger partial charge < -0.3 is 14.3 Å². The number of anilines is 1. The minimum atomic E-state index is -1.28. The van der Waals surface area contributed by atoms with Crippen LogP contribution < -0.4 is 5.32 Å². The molecule has 31 heavy (non-hydrogen) atoms. The van der Waals surface area contributed by atoms with Gasteiger partial charge >= 0.3 is 0 Å². The van der Waals surface area contributed by atoms with Crippen molar-refractivity contribution in [2.45, 2.75) is 18.3 Å². The molecule has 0 aliphatic heterocycles. The van der Waals surface area contributed by atoms with Crippen molar-refractivity contribution in [1.29, 1.82) is 0 Å². The number of nitrogens with zero attached hydrogens (tertiary/aromatic N) is 4. The minimum absolute atomic E-state index is 0.0116. The van der Waals surface area contributed by atoms with Gasteiger partial charge in [0.25, 0.3) is 0 Å². The van der Waals surface area contributed by atoms with Crippen molar-refractivity contribution in [2.75, 3.05) is 11.6 Å². The zero-order chi connectivity index (χ0) is 21.9. The molecule has 0 saturated heterocycles. The largest absolute Gasteiger partial charge is 0.616 e. The first-order chi connectivity index (χ1) is 14.8. The van der Waals surface area contributed by atoms with Crippen LogP contribution in [0.5, 0.6) is 0 Å². The van der Waals surface area contributed by atoms with Gasteiger partial charge in [0.1, 0.15) is 11.9 Å². The van der Waals surface area contributed by atoms with E-state index >= 15 is 4.39 Å². The van der Waals surface area contributed by atoms with E-state index in [1.165, 1.54) is 18.6 Å². The van der Waals surface area contributed by atoms with Crippen molar-refractivity contribution >= 4 is 51.1 Å². The van der Waals surface area contributed by atoms with Crippen molar-refractivity contribution in [3.8, 4) is 11.3 Å². The molecule has 5 rings (SSSR count). The summed E-state index contributed by atoms with van der Waals surface area (Å²) in [5.74, 6) is -1.49. The summed E-state index contributed by atoms with van der Waals surface area (Å²) < 4.78 is 41.4. The summed E-state index contributed by atoms with van der Waals surface area (Å²) in [7, 11) is 0. The summed E-state index contributed by atoms with van der Waals surface area (Å²) >= 11 is 5.08. The molecule has 160 valence electrons. The van der Waals surface area contributed by atoms with Gasteiger partial charge in [-0.05, 0) is 6.42 Å². The molecular weight excluding hydrogens is 450 g/mol. The molecule has 2 N–H and O–H groups in total. The maximum atomic E-state index is 15.1. The maximum absolute atomic E-state index is 15.1. The second-order valence-electron chi connectivity index (χ2n) is 7.37. The van der Waals surface area contributed by atoms with E-state index < -0.39 is 35.0 Å². The predicted molar refractivity (Wildman–Crippen MR) is 112 cm³/mol. The van der Waals surface area contributed by atoms with Crippen molar-refractivity contribution in [2.24, 2.45) is 5.92 Å². The first kappa shape index (κ1) is 20.2. The van der Waals surface area contributed by atoms with E-state index in [0.29, 0.717) is 27.8 Å². The highest BCUT2D eigenvalue weighted by Crippen LogP contribution is 2.39. The molecule has 3 aromatic heterocycles. The zero-order valence-electron chi connectivity index (χ0n) is 16.0. The van der Waals surface area contributed by atoms with Crippen LogP contribution in [-0.2, 0) is 21.7 Å². The molecular formula is C19H15ClF2N6O2S. The molecule has 12 heteroatoms. The number of halogens is 3. The average molecular weight is 465 g/mol. The number of alkyl halides is 1. The lowest BCUT2D eigenvalue weighted by molar-refractivity contribution is -0.117. The van der Waals surface area contributed by atoms with E-state index in [9.17, 15) is 13.7 Å². The lowest BCUT2D eigenvalue weighted by Gasteiger charge is -2.12. The fraction of sp³-hybridized carbons (Fsp3) is 0.263. The molecule has 3 unspecified atom stereocenters. The van der Waals surface area contributed by atoms with Gasteiger partial charge in [-0.1, -0.05) is 22.8 Å². The van der Waals surface area contributed by atoms with Crippen LogP contribution in [0.3, 0.4) is 0 Å². The summed E-state index contributed by atoms with van der Waals surface area (Å²) in [4.78, 5) is 20.5. The van der Waals surface area contributed by atoms with Crippen LogP contribution in [-0.4, -0.2) is 47.5 Å². The summed E-state index contributed by atoms with van der Waals surface area (Å²) in [5.41, 5.74) is 1.71. The Morgan fingerprint density at radius 1 is 1.45 bits per heavy atom. The fourth-order valence-electron chi connectivity index (χ4n) is 3.51. The van der Waals surface area contributed by atoms with E-state index in [0.717, 1.165) is 0 Å². The Morgan fingerprint density at radius 3 is 2.94 bits per heavy atom. The third-order valence-electron chi connectivity index (χ3n) is 5.13. The molecule has 1 saturated carbocycles. The summed E-state index contributed by atoms with van der Waals surface area (Å²) in [6.45, 7) is 0. The molecule has 1 amide bonds. The number of H-pyrrole nitrogens is 1. The monoisotopic (exact) mass is 464 g/mol. The van der Waals surface area contributed by atoms with Crippen LogP contribution in [0.2, 0.25) is 5.02 Å². The number of hydrogen-bond acceptors (Lipinski definition) is 5. The van der Waals surface area contributed by atoms with E-state index in [-0.39, 0.29) is 28.6 Å². The molecule has 3 heterocycles. The molecule has 0 radical (unpaired) electrons. The van der Waals surface area contributed by atoms with Gasteiger partial charge in [0.2, 0.25) is 5.91 Å². The topological polar surface area (TPSA) is 111 Å². The number of carbonyl (C=O) groups excluding carboxylic acids is 1. The summed E-state index contributed by atoms with van der Waals surface area (Å²) in [5, 5.41) is 9.71. The van der Waals surface area contributed by atoms with Gasteiger partial charge in [0.05, 0.1) is 52.6 Å². The number of benzene rings is 1. The maximum Gasteiger partial charge on any atom is 0.231 e. The van der Waals surface area contributed by atoms with E-state index in [4.69, 9.17) is 11.6 Å². The molecule has 1 aromatic carbocycles. The van der Waals surface area contributed by atoms with Crippen LogP contribution in [0.15, 0.2) is 24.8 Å². The highest BCUT2D eigenvalue weighted by molar-refractivity contribution is 7.89. The van der Waals surface area contributed by atoms with Gasteiger partial charge in [-0.15, -0.1) is 0 Å². The van der Waals surface area contributed by atoms with Crippen LogP contribution in [0.1, 0.15) is 12.0 Å². The Balaban J connectivity index is 1.57. The van der Waals surface area contributed by atoms with Crippen LogP contribution in [0.4, 0.5) is 14.6 Å². The number of fused-ring (bicyclic) bond motifs is 2. The van der Waals surface area contributed by atoms with E-state index in [2.05, 4.69) is 25.5 Å². The van der Waals surface area contributed by atoms with Gasteiger partial charge in [-0.25, -0.2) is 13.8 Å².